The molecular formula is C32H37N7O9S. The van der Waals surface area contributed by atoms with Crippen LogP contribution in [0.3, 0.4) is 0 Å². The van der Waals surface area contributed by atoms with Crippen molar-refractivity contribution in [2.45, 2.75) is 48.8 Å². The van der Waals surface area contributed by atoms with Crippen LogP contribution in [0.2, 0.25) is 0 Å². The number of rotatable bonds is 15. The van der Waals surface area contributed by atoms with Crippen molar-refractivity contribution in [3.05, 3.63) is 89.0 Å². The van der Waals surface area contributed by atoms with E-state index < -0.39 is 55.1 Å². The number of nitrogens with one attached hydrogen (secondary N) is 2. The van der Waals surface area contributed by atoms with Gasteiger partial charge in [-0.05, 0) is 74.8 Å². The highest BCUT2D eigenvalue weighted by Gasteiger charge is 2.63. The molecule has 16 nitrogen and oxygen atoms in total. The van der Waals surface area contributed by atoms with Gasteiger partial charge in [0.2, 0.25) is 5.54 Å². The Bertz CT molecular complexity index is 1790. The molecule has 0 radical (unpaired) electrons. The number of benzene rings is 3. The van der Waals surface area contributed by atoms with E-state index in [4.69, 9.17) is 20.9 Å². The van der Waals surface area contributed by atoms with Gasteiger partial charge in [0, 0.05) is 30.8 Å². The smallest absolute Gasteiger partial charge is 0.269 e. The molecule has 0 saturated carbocycles. The van der Waals surface area contributed by atoms with Gasteiger partial charge in [0.05, 0.1) is 23.0 Å². The van der Waals surface area contributed by atoms with Crippen molar-refractivity contribution in [3.8, 4) is 11.5 Å². The van der Waals surface area contributed by atoms with Crippen LogP contribution in [0.5, 0.6) is 11.5 Å². The monoisotopic (exact) mass is 695 g/mol. The summed E-state index contributed by atoms with van der Waals surface area (Å²) in [6, 6.07) is 16.6. The van der Waals surface area contributed by atoms with Crippen molar-refractivity contribution in [1.82, 2.24) is 9.62 Å². The first-order chi connectivity index (χ1) is 23.3. The van der Waals surface area contributed by atoms with Gasteiger partial charge in [-0.15, -0.1) is 0 Å². The fourth-order valence-corrected chi connectivity index (χ4v) is 7.25. The second-order valence-electron chi connectivity index (χ2n) is 11.0. The van der Waals surface area contributed by atoms with E-state index in [2.05, 4.69) is 15.6 Å². The molecule has 3 aromatic carbocycles. The number of nitrogens with zero attached hydrogens (tertiary/aromatic N) is 3. The second kappa shape index (κ2) is 15.6. The van der Waals surface area contributed by atoms with E-state index in [9.17, 15) is 32.9 Å². The summed E-state index contributed by atoms with van der Waals surface area (Å²) in [6.07, 6.45) is -1.32. The highest BCUT2D eigenvalue weighted by molar-refractivity contribution is 7.89. The number of sulfonamides is 1. The van der Waals surface area contributed by atoms with E-state index in [0.717, 1.165) is 19.1 Å². The van der Waals surface area contributed by atoms with Crippen LogP contribution in [0.25, 0.3) is 0 Å². The number of hydrogen-bond acceptors (Lipinski definition) is 11. The van der Waals surface area contributed by atoms with E-state index in [1.165, 1.54) is 55.6 Å². The van der Waals surface area contributed by atoms with Crippen molar-refractivity contribution in [2.24, 2.45) is 16.5 Å². The van der Waals surface area contributed by atoms with E-state index in [1.54, 1.807) is 18.2 Å². The molecule has 1 saturated heterocycles. The minimum Gasteiger partial charge on any atom is -0.497 e. The first-order valence-electron chi connectivity index (χ1n) is 15.1. The Hall–Kier alpha value is -5.55. The molecule has 0 spiro atoms. The first kappa shape index (κ1) is 36.3. The number of Topliss-reactive ketones (excluding diaryl/α,β-unsaturated/α-hetero) is 1. The molecule has 0 bridgehead atoms. The summed E-state index contributed by atoms with van der Waals surface area (Å²) in [4.78, 5) is 57.9. The summed E-state index contributed by atoms with van der Waals surface area (Å²) < 4.78 is 41.4. The second-order valence-corrected chi connectivity index (χ2v) is 12.8. The van der Waals surface area contributed by atoms with E-state index in [1.807, 2.05) is 0 Å². The minimum absolute atomic E-state index is 0.0304. The van der Waals surface area contributed by atoms with Crippen LogP contribution in [-0.4, -0.2) is 79.1 Å². The van der Waals surface area contributed by atoms with Gasteiger partial charge in [0.25, 0.3) is 27.5 Å². The summed E-state index contributed by atoms with van der Waals surface area (Å²) >= 11 is 0. The number of carbonyl (C=O) groups excluding carboxylic acids is 3. The average Bonchev–Trinajstić information content (AvgIpc) is 3.62. The lowest BCUT2D eigenvalue weighted by atomic mass is 9.83. The minimum atomic E-state index is -5.05. The van der Waals surface area contributed by atoms with Crippen LogP contribution in [-0.2, 0) is 24.4 Å². The van der Waals surface area contributed by atoms with Crippen molar-refractivity contribution < 1.29 is 37.2 Å². The SMILES string of the molecule is COc1ccc(S(=O)(=O)N(C(=O)[C@@H]2CCCN2)[C@](C(C)=O)(C(=O)Nc2ccc([N+](=O)[O-])cc2)C(CCN=C(N)N)Oc2ccccc2)cc1. The Labute approximate surface area is 282 Å². The molecule has 1 fully saturated rings. The fourth-order valence-electron chi connectivity index (χ4n) is 5.49. The molecule has 0 aliphatic carbocycles. The first-order valence-corrected chi connectivity index (χ1v) is 16.6. The molecule has 1 aliphatic rings. The molecule has 6 N–H and O–H groups in total. The molecule has 17 heteroatoms. The summed E-state index contributed by atoms with van der Waals surface area (Å²) in [5, 5.41) is 16.8. The molecule has 2 amide bonds. The molecular weight excluding hydrogens is 658 g/mol. The van der Waals surface area contributed by atoms with Gasteiger partial charge in [0.1, 0.15) is 17.6 Å². The normalized spacial score (nSPS) is 16.0. The molecule has 1 aliphatic heterocycles. The number of guanidine groups is 1. The third kappa shape index (κ3) is 7.95. The zero-order valence-electron chi connectivity index (χ0n) is 26.8. The van der Waals surface area contributed by atoms with Gasteiger partial charge in [0.15, 0.2) is 11.7 Å². The highest BCUT2D eigenvalue weighted by atomic mass is 32.2. The number of nitrogens with two attached hydrogens (primary N) is 2. The Balaban J connectivity index is 2.03. The van der Waals surface area contributed by atoms with Gasteiger partial charge >= 0.3 is 0 Å². The number of ketones is 1. The number of anilines is 1. The van der Waals surface area contributed by atoms with Gasteiger partial charge in [-0.1, -0.05) is 18.2 Å². The van der Waals surface area contributed by atoms with Gasteiger partial charge in [-0.25, -0.2) is 12.7 Å². The predicted octanol–water partition coefficient (Wildman–Crippen LogP) is 1.95. The fraction of sp³-hybridized carbons (Fsp3) is 0.312. The maximum Gasteiger partial charge on any atom is 0.269 e. The van der Waals surface area contributed by atoms with Gasteiger partial charge < -0.3 is 31.6 Å². The summed E-state index contributed by atoms with van der Waals surface area (Å²) in [5.41, 5.74) is 7.89. The number of nitro benzene ring substituents is 1. The zero-order chi connectivity index (χ0) is 35.8. The molecule has 3 atom stereocenters. The number of ether oxygens (including phenoxy) is 2. The number of para-hydroxylation sites is 1. The highest BCUT2D eigenvalue weighted by Crippen LogP contribution is 2.36. The number of amides is 2. The van der Waals surface area contributed by atoms with Crippen LogP contribution in [0.4, 0.5) is 11.4 Å². The van der Waals surface area contributed by atoms with E-state index in [0.29, 0.717) is 23.0 Å². The summed E-state index contributed by atoms with van der Waals surface area (Å²) in [5.74, 6) is -3.28. The maximum atomic E-state index is 14.8. The lowest BCUT2D eigenvalue weighted by Crippen LogP contribution is -2.73. The zero-order valence-corrected chi connectivity index (χ0v) is 27.6. The quantitative estimate of drug-likeness (QED) is 0.0587. The van der Waals surface area contributed by atoms with Crippen LogP contribution in [0.1, 0.15) is 26.2 Å². The predicted molar refractivity (Wildman–Crippen MR) is 179 cm³/mol. The van der Waals surface area contributed by atoms with Crippen LogP contribution >= 0.6 is 0 Å². The summed E-state index contributed by atoms with van der Waals surface area (Å²) in [6.45, 7) is 1.11. The topological polar surface area (TPSA) is 239 Å². The van der Waals surface area contributed by atoms with E-state index >= 15 is 0 Å². The van der Waals surface area contributed by atoms with Gasteiger partial charge in [-0.3, -0.25) is 29.5 Å². The van der Waals surface area contributed by atoms with Crippen LogP contribution < -0.4 is 31.6 Å². The van der Waals surface area contributed by atoms with E-state index in [-0.39, 0.29) is 42.5 Å². The molecule has 0 aromatic heterocycles. The third-order valence-corrected chi connectivity index (χ3v) is 9.69. The third-order valence-electron chi connectivity index (χ3n) is 7.87. The number of non-ortho nitro benzene ring substituents is 1. The van der Waals surface area contributed by atoms with Crippen molar-refractivity contribution in [2.75, 3.05) is 25.5 Å². The summed E-state index contributed by atoms with van der Waals surface area (Å²) in [7, 11) is -3.66. The van der Waals surface area contributed by atoms with Crippen molar-refractivity contribution in [3.63, 3.8) is 0 Å². The molecule has 4 rings (SSSR count). The maximum absolute atomic E-state index is 14.8. The Kier molecular flexibility index (Phi) is 11.5. The standard InChI is InChI=1S/C32H37N7O9S/c1-21(40)32(30(42)37-22-10-12-23(13-11-22)39(43)44,28(18-20-36-31(33)34)48-25-7-4-3-5-8-25)38(29(41)27-9-6-19-35-27)49(45,46)26-16-14-24(47-2)15-17-26/h3-5,7-8,10-17,27-28,35H,6,9,18-20H2,1-2H3,(H,37,42)(H4,33,34,36)/t27-,28?,32-/m0/s1. The Morgan fingerprint density at radius 3 is 2.24 bits per heavy atom. The lowest BCUT2D eigenvalue weighted by molar-refractivity contribution is -0.384. The number of carbonyl (C=O) groups is 3. The van der Waals surface area contributed by atoms with Crippen molar-refractivity contribution in [1.29, 1.82) is 0 Å². The lowest BCUT2D eigenvalue weighted by Gasteiger charge is -2.44. The number of nitro groups is 1. The molecule has 1 unspecified atom stereocenters. The van der Waals surface area contributed by atoms with Crippen LogP contribution in [0, 0.1) is 10.1 Å². The molecule has 49 heavy (non-hydrogen) atoms. The Morgan fingerprint density at radius 2 is 1.71 bits per heavy atom. The molecule has 1 heterocycles. The Morgan fingerprint density at radius 1 is 1.06 bits per heavy atom. The number of methoxy groups -OCH3 is 1. The largest absolute Gasteiger partial charge is 0.497 e. The average molecular weight is 696 g/mol. The number of hydrogen-bond donors (Lipinski definition) is 4. The number of aliphatic imine (C=N–C) groups is 1. The molecule has 3 aromatic rings. The molecule has 260 valence electrons. The van der Waals surface area contributed by atoms with Gasteiger partial charge in [-0.2, -0.15) is 0 Å². The van der Waals surface area contributed by atoms with Crippen molar-refractivity contribution >= 4 is 45.0 Å². The van der Waals surface area contributed by atoms with Crippen LogP contribution in [0.15, 0.2) is 88.8 Å².